The Balaban J connectivity index is 2.70. The van der Waals surface area contributed by atoms with Gasteiger partial charge in [-0.15, -0.1) is 0 Å². The molecule has 0 aromatic heterocycles. The molecule has 1 rings (SSSR count). The van der Waals surface area contributed by atoms with Crippen LogP contribution in [-0.2, 0) is 14.3 Å². The Hall–Kier alpha value is -0.970. The van der Waals surface area contributed by atoms with Crippen molar-refractivity contribution in [2.75, 3.05) is 13.7 Å². The van der Waals surface area contributed by atoms with Crippen molar-refractivity contribution in [3.63, 3.8) is 0 Å². The summed E-state index contributed by atoms with van der Waals surface area (Å²) in [6.45, 7) is 3.91. The van der Waals surface area contributed by atoms with E-state index in [0.717, 1.165) is 0 Å². The van der Waals surface area contributed by atoms with Crippen LogP contribution in [0.15, 0.2) is 11.1 Å². The lowest BCUT2D eigenvalue weighted by Gasteiger charge is -2.08. The van der Waals surface area contributed by atoms with Gasteiger partial charge in [-0.3, -0.25) is 4.79 Å². The number of ether oxygens (including phenoxy) is 1. The minimum absolute atomic E-state index is 0.0190. The molecule has 4 nitrogen and oxygen atoms in total. The highest BCUT2D eigenvalue weighted by Gasteiger charge is 2.31. The molecule has 0 aliphatic carbocycles. The van der Waals surface area contributed by atoms with Crippen LogP contribution >= 0.6 is 11.8 Å². The van der Waals surface area contributed by atoms with Crippen LogP contribution in [0.4, 0.5) is 0 Å². The Bertz CT molecular complexity index is 288. The molecular weight excluding hydrogens is 202 g/mol. The highest BCUT2D eigenvalue weighted by atomic mass is 32.2. The lowest BCUT2D eigenvalue weighted by molar-refractivity contribution is -0.137. The SMILES string of the molecule is CCOC(=O)/C=C1\SC(C)C(=O)N1C. The molecule has 1 fully saturated rings. The maximum Gasteiger partial charge on any atom is 0.333 e. The van der Waals surface area contributed by atoms with E-state index < -0.39 is 5.97 Å². The van der Waals surface area contributed by atoms with Gasteiger partial charge < -0.3 is 9.64 Å². The normalized spacial score (nSPS) is 24.5. The number of amides is 1. The molecule has 1 unspecified atom stereocenters. The van der Waals surface area contributed by atoms with Crippen LogP contribution in [0.3, 0.4) is 0 Å². The smallest absolute Gasteiger partial charge is 0.333 e. The van der Waals surface area contributed by atoms with Crippen molar-refractivity contribution >= 4 is 23.6 Å². The predicted molar refractivity (Wildman–Crippen MR) is 54.5 cm³/mol. The maximum absolute atomic E-state index is 11.4. The summed E-state index contributed by atoms with van der Waals surface area (Å²) < 4.78 is 4.76. The van der Waals surface area contributed by atoms with Gasteiger partial charge in [0.05, 0.1) is 23.0 Å². The van der Waals surface area contributed by atoms with Crippen molar-refractivity contribution in [1.29, 1.82) is 0 Å². The minimum atomic E-state index is -0.399. The summed E-state index contributed by atoms with van der Waals surface area (Å²) in [7, 11) is 1.66. The first kappa shape index (κ1) is 11.1. The number of thioether (sulfide) groups is 1. The highest BCUT2D eigenvalue weighted by Crippen LogP contribution is 2.33. The van der Waals surface area contributed by atoms with Gasteiger partial charge >= 0.3 is 5.97 Å². The molecule has 1 aliphatic rings. The quantitative estimate of drug-likeness (QED) is 0.509. The zero-order valence-electron chi connectivity index (χ0n) is 8.44. The summed E-state index contributed by atoms with van der Waals surface area (Å²) in [6.07, 6.45) is 1.36. The molecule has 0 saturated carbocycles. The van der Waals surface area contributed by atoms with E-state index in [1.54, 1.807) is 14.0 Å². The molecule has 78 valence electrons. The minimum Gasteiger partial charge on any atom is -0.463 e. The summed E-state index contributed by atoms with van der Waals surface area (Å²) in [6, 6.07) is 0. The summed E-state index contributed by atoms with van der Waals surface area (Å²) in [5.41, 5.74) is 0. The standard InChI is InChI=1S/C9H13NO3S/c1-4-13-8(11)5-7-10(3)9(12)6(2)14-7/h5-6H,4H2,1-3H3/b7-5-. The summed E-state index contributed by atoms with van der Waals surface area (Å²) in [5.74, 6) is -0.380. The summed E-state index contributed by atoms with van der Waals surface area (Å²) in [5, 5.41) is 0.543. The molecule has 1 atom stereocenters. The Morgan fingerprint density at radius 3 is 2.79 bits per heavy atom. The van der Waals surface area contributed by atoms with Gasteiger partial charge in [0.1, 0.15) is 0 Å². The average molecular weight is 215 g/mol. The fraction of sp³-hybridized carbons (Fsp3) is 0.556. The molecule has 14 heavy (non-hydrogen) atoms. The van der Waals surface area contributed by atoms with E-state index >= 15 is 0 Å². The van der Waals surface area contributed by atoms with Gasteiger partial charge in [0.2, 0.25) is 5.91 Å². The topological polar surface area (TPSA) is 46.6 Å². The predicted octanol–water partition coefficient (Wildman–Crippen LogP) is 0.985. The molecule has 0 aromatic carbocycles. The largest absolute Gasteiger partial charge is 0.463 e. The highest BCUT2D eigenvalue weighted by molar-refractivity contribution is 8.04. The maximum atomic E-state index is 11.4. The second kappa shape index (κ2) is 4.50. The van der Waals surface area contributed by atoms with Crippen LogP contribution in [0, 0.1) is 0 Å². The van der Waals surface area contributed by atoms with Gasteiger partial charge in [0.25, 0.3) is 0 Å². The average Bonchev–Trinajstić information content (AvgIpc) is 2.34. The fourth-order valence-corrected chi connectivity index (χ4v) is 2.14. The van der Waals surface area contributed by atoms with E-state index in [2.05, 4.69) is 0 Å². The first-order valence-electron chi connectivity index (χ1n) is 4.39. The molecule has 0 bridgehead atoms. The Morgan fingerprint density at radius 1 is 1.71 bits per heavy atom. The van der Waals surface area contributed by atoms with Crippen molar-refractivity contribution in [3.8, 4) is 0 Å². The third-order valence-electron chi connectivity index (χ3n) is 1.83. The van der Waals surface area contributed by atoms with Crippen molar-refractivity contribution in [2.24, 2.45) is 0 Å². The van der Waals surface area contributed by atoms with E-state index in [0.29, 0.717) is 11.6 Å². The zero-order chi connectivity index (χ0) is 10.7. The number of nitrogens with zero attached hydrogens (tertiary/aromatic N) is 1. The molecule has 0 spiro atoms. The lowest BCUT2D eigenvalue weighted by Crippen LogP contribution is -2.23. The third-order valence-corrected chi connectivity index (χ3v) is 3.02. The van der Waals surface area contributed by atoms with E-state index in [-0.39, 0.29) is 11.2 Å². The Labute approximate surface area is 87.3 Å². The molecule has 0 aromatic rings. The molecule has 1 amide bonds. The second-order valence-corrected chi connectivity index (χ2v) is 4.25. The summed E-state index contributed by atoms with van der Waals surface area (Å²) in [4.78, 5) is 24.0. The van der Waals surface area contributed by atoms with Crippen LogP contribution in [0.1, 0.15) is 13.8 Å². The second-order valence-electron chi connectivity index (χ2n) is 2.89. The van der Waals surface area contributed by atoms with Crippen LogP contribution in [0.25, 0.3) is 0 Å². The van der Waals surface area contributed by atoms with Crippen LogP contribution in [0.2, 0.25) is 0 Å². The Kier molecular flexibility index (Phi) is 3.57. The molecule has 1 heterocycles. The van der Waals surface area contributed by atoms with Gasteiger partial charge in [-0.2, -0.15) is 0 Å². The first-order chi connectivity index (χ1) is 6.56. The number of esters is 1. The molecule has 1 saturated heterocycles. The van der Waals surface area contributed by atoms with Crippen molar-refractivity contribution in [3.05, 3.63) is 11.1 Å². The van der Waals surface area contributed by atoms with Gasteiger partial charge in [0, 0.05) is 7.05 Å². The number of carbonyl (C=O) groups excluding carboxylic acids is 2. The molecule has 5 heteroatoms. The zero-order valence-corrected chi connectivity index (χ0v) is 9.26. The molecule has 1 aliphatic heterocycles. The van der Waals surface area contributed by atoms with E-state index in [1.165, 1.54) is 22.7 Å². The molecule has 0 radical (unpaired) electrons. The number of hydrogen-bond acceptors (Lipinski definition) is 4. The monoisotopic (exact) mass is 215 g/mol. The molecule has 0 N–H and O–H groups in total. The van der Waals surface area contributed by atoms with E-state index in [1.807, 2.05) is 6.92 Å². The van der Waals surface area contributed by atoms with Gasteiger partial charge in [-0.05, 0) is 13.8 Å². The number of rotatable bonds is 2. The first-order valence-corrected chi connectivity index (χ1v) is 5.27. The van der Waals surface area contributed by atoms with Crippen LogP contribution in [0.5, 0.6) is 0 Å². The van der Waals surface area contributed by atoms with Crippen molar-refractivity contribution < 1.29 is 14.3 Å². The Morgan fingerprint density at radius 2 is 2.36 bits per heavy atom. The number of hydrogen-bond donors (Lipinski definition) is 0. The third kappa shape index (κ3) is 2.29. The van der Waals surface area contributed by atoms with Crippen molar-refractivity contribution in [2.45, 2.75) is 19.1 Å². The van der Waals surface area contributed by atoms with Gasteiger partial charge in [-0.1, -0.05) is 11.8 Å². The van der Waals surface area contributed by atoms with E-state index in [4.69, 9.17) is 4.74 Å². The van der Waals surface area contributed by atoms with Crippen LogP contribution in [-0.4, -0.2) is 35.7 Å². The molecular formula is C9H13NO3S. The van der Waals surface area contributed by atoms with Crippen LogP contribution < -0.4 is 0 Å². The lowest BCUT2D eigenvalue weighted by atomic mass is 10.4. The fourth-order valence-electron chi connectivity index (χ4n) is 1.11. The van der Waals surface area contributed by atoms with Crippen molar-refractivity contribution in [1.82, 2.24) is 4.90 Å². The summed E-state index contributed by atoms with van der Waals surface area (Å²) >= 11 is 1.37. The van der Waals surface area contributed by atoms with Gasteiger partial charge in [0.15, 0.2) is 0 Å². The van der Waals surface area contributed by atoms with Gasteiger partial charge in [-0.25, -0.2) is 4.79 Å². The van der Waals surface area contributed by atoms with E-state index in [9.17, 15) is 9.59 Å². The number of carbonyl (C=O) groups is 2.